The molecule has 1 aliphatic carbocycles. The molecule has 0 amide bonds. The van der Waals surface area contributed by atoms with Gasteiger partial charge in [0.2, 0.25) is 0 Å². The molecule has 1 aliphatic rings. The highest BCUT2D eigenvalue weighted by Gasteiger charge is 2.48. The van der Waals surface area contributed by atoms with Crippen molar-refractivity contribution in [3.05, 3.63) is 66.2 Å². The summed E-state index contributed by atoms with van der Waals surface area (Å²) < 4.78 is 5.40. The Labute approximate surface area is 165 Å². The van der Waals surface area contributed by atoms with Crippen molar-refractivity contribution in [3.8, 4) is 0 Å². The number of anilines is 1. The van der Waals surface area contributed by atoms with Gasteiger partial charge in [-0.05, 0) is 38.3 Å². The molecule has 0 saturated heterocycles. The van der Waals surface area contributed by atoms with Crippen LogP contribution in [0.4, 0.5) is 5.69 Å². The van der Waals surface area contributed by atoms with Crippen LogP contribution >= 0.6 is 0 Å². The summed E-state index contributed by atoms with van der Waals surface area (Å²) in [6, 6.07) is 18.7. The molecule has 0 aliphatic heterocycles. The van der Waals surface area contributed by atoms with Gasteiger partial charge in [-0.1, -0.05) is 55.0 Å². The zero-order valence-electron chi connectivity index (χ0n) is 16.2. The summed E-state index contributed by atoms with van der Waals surface area (Å²) in [7, 11) is 0. The quantitative estimate of drug-likeness (QED) is 0.425. The van der Waals surface area contributed by atoms with Gasteiger partial charge in [-0.2, -0.15) is 5.10 Å². The molecule has 2 aromatic rings. The predicted molar refractivity (Wildman–Crippen MR) is 110 cm³/mol. The van der Waals surface area contributed by atoms with E-state index < -0.39 is 5.41 Å². The van der Waals surface area contributed by atoms with Crippen molar-refractivity contribution in [1.29, 1.82) is 0 Å². The molecule has 0 spiro atoms. The molecule has 3 rings (SSSR count). The van der Waals surface area contributed by atoms with Gasteiger partial charge in [0, 0.05) is 12.0 Å². The number of hydrogen-bond acceptors (Lipinski definition) is 5. The van der Waals surface area contributed by atoms with E-state index in [1.54, 1.807) is 19.1 Å². The number of nitrogens with one attached hydrogen (secondary N) is 1. The lowest BCUT2D eigenvalue weighted by molar-refractivity contribution is -0.151. The van der Waals surface area contributed by atoms with Crippen LogP contribution in [0.5, 0.6) is 0 Å². The van der Waals surface area contributed by atoms with Crippen molar-refractivity contribution >= 4 is 23.2 Å². The summed E-state index contributed by atoms with van der Waals surface area (Å²) in [4.78, 5) is 26.0. The lowest BCUT2D eigenvalue weighted by Crippen LogP contribution is -2.45. The topological polar surface area (TPSA) is 67.8 Å². The molecule has 0 bridgehead atoms. The zero-order chi connectivity index (χ0) is 19.8. The van der Waals surface area contributed by atoms with Crippen molar-refractivity contribution in [2.75, 3.05) is 12.0 Å². The number of ketones is 1. The first-order valence-electron chi connectivity index (χ1n) is 9.79. The zero-order valence-corrected chi connectivity index (χ0v) is 16.2. The Morgan fingerprint density at radius 2 is 1.71 bits per heavy atom. The summed E-state index contributed by atoms with van der Waals surface area (Å²) >= 11 is 0. The number of esters is 1. The van der Waals surface area contributed by atoms with Crippen LogP contribution in [0.3, 0.4) is 0 Å². The molecule has 0 aromatic heterocycles. The number of hydrazone groups is 1. The average molecular weight is 378 g/mol. The molecule has 1 unspecified atom stereocenters. The average Bonchev–Trinajstić information content (AvgIpc) is 2.74. The summed E-state index contributed by atoms with van der Waals surface area (Å²) in [6.45, 7) is 2.06. The number of rotatable bonds is 7. The van der Waals surface area contributed by atoms with Gasteiger partial charge < -0.3 is 4.74 Å². The molecule has 0 heterocycles. The predicted octanol–water partition coefficient (Wildman–Crippen LogP) is 4.85. The minimum absolute atomic E-state index is 0.0667. The second-order valence-corrected chi connectivity index (χ2v) is 7.01. The molecule has 1 fully saturated rings. The smallest absolute Gasteiger partial charge is 0.318 e. The highest BCUT2D eigenvalue weighted by molar-refractivity contribution is 6.12. The number of carbonyl (C=O) groups excluding carboxylic acids is 2. The third-order valence-corrected chi connectivity index (χ3v) is 5.14. The van der Waals surface area contributed by atoms with Crippen LogP contribution in [0.25, 0.3) is 0 Å². The fourth-order valence-electron chi connectivity index (χ4n) is 3.66. The Kier molecular flexibility index (Phi) is 6.58. The van der Waals surface area contributed by atoms with E-state index in [2.05, 4.69) is 10.5 Å². The maximum Gasteiger partial charge on any atom is 0.318 e. The van der Waals surface area contributed by atoms with Gasteiger partial charge in [-0.25, -0.2) is 0 Å². The number of carbonyl (C=O) groups is 2. The lowest BCUT2D eigenvalue weighted by Gasteiger charge is -2.35. The first-order valence-corrected chi connectivity index (χ1v) is 9.79. The normalized spacial score (nSPS) is 20.5. The SMILES string of the molecule is CCOC(=O)C1(CC(=O)c2ccccc2)CCCC/C1=N\Nc1ccccc1. The summed E-state index contributed by atoms with van der Waals surface area (Å²) in [5.74, 6) is -0.421. The molecule has 1 atom stereocenters. The fourth-order valence-corrected chi connectivity index (χ4v) is 3.66. The third-order valence-electron chi connectivity index (χ3n) is 5.14. The highest BCUT2D eigenvalue weighted by Crippen LogP contribution is 2.40. The Morgan fingerprint density at radius 1 is 1.04 bits per heavy atom. The molecule has 0 radical (unpaired) electrons. The van der Waals surface area contributed by atoms with Crippen LogP contribution < -0.4 is 5.43 Å². The van der Waals surface area contributed by atoms with Gasteiger partial charge in [0.15, 0.2) is 5.78 Å². The minimum Gasteiger partial charge on any atom is -0.465 e. The Balaban J connectivity index is 1.92. The van der Waals surface area contributed by atoms with E-state index in [1.807, 2.05) is 48.5 Å². The standard InChI is InChI=1S/C23H26N2O3/c1-2-28-22(27)23(17-20(26)18-11-5-3-6-12-18)16-10-9-15-21(23)25-24-19-13-7-4-8-14-19/h3-8,11-14,24H,2,9-10,15-17H2,1H3/b25-21+. The second kappa shape index (κ2) is 9.31. The van der Waals surface area contributed by atoms with Crippen LogP contribution in [-0.4, -0.2) is 24.1 Å². The molecule has 1 saturated carbocycles. The lowest BCUT2D eigenvalue weighted by atomic mass is 9.68. The fraction of sp³-hybridized carbons (Fsp3) is 0.348. The van der Waals surface area contributed by atoms with E-state index in [-0.39, 0.29) is 24.8 Å². The summed E-state index contributed by atoms with van der Waals surface area (Å²) in [5, 5.41) is 4.57. The van der Waals surface area contributed by atoms with Crippen molar-refractivity contribution in [2.45, 2.75) is 39.0 Å². The molecule has 1 N–H and O–H groups in total. The number of ether oxygens (including phenoxy) is 1. The van der Waals surface area contributed by atoms with Gasteiger partial charge in [-0.15, -0.1) is 0 Å². The minimum atomic E-state index is -1.01. The number of Topliss-reactive ketones (excluding diaryl/α,β-unsaturated/α-hetero) is 1. The number of para-hydroxylation sites is 1. The van der Waals surface area contributed by atoms with E-state index in [9.17, 15) is 9.59 Å². The molecule has 146 valence electrons. The van der Waals surface area contributed by atoms with E-state index in [4.69, 9.17) is 4.74 Å². The molecule has 28 heavy (non-hydrogen) atoms. The third kappa shape index (κ3) is 4.47. The Bertz CT molecular complexity index is 833. The van der Waals surface area contributed by atoms with Gasteiger partial charge in [-0.3, -0.25) is 15.0 Å². The maximum absolute atomic E-state index is 13.0. The van der Waals surface area contributed by atoms with Crippen LogP contribution in [0.2, 0.25) is 0 Å². The summed E-state index contributed by atoms with van der Waals surface area (Å²) in [6.07, 6.45) is 3.12. The van der Waals surface area contributed by atoms with E-state index in [0.717, 1.165) is 18.5 Å². The van der Waals surface area contributed by atoms with Crippen LogP contribution in [0.1, 0.15) is 49.4 Å². The number of benzene rings is 2. The van der Waals surface area contributed by atoms with E-state index in [1.165, 1.54) is 0 Å². The second-order valence-electron chi connectivity index (χ2n) is 7.01. The van der Waals surface area contributed by atoms with Crippen molar-refractivity contribution in [2.24, 2.45) is 10.5 Å². The Hall–Kier alpha value is -2.95. The summed E-state index contributed by atoms with van der Waals surface area (Å²) in [5.41, 5.74) is 4.18. The van der Waals surface area contributed by atoms with Crippen molar-refractivity contribution < 1.29 is 14.3 Å². The van der Waals surface area contributed by atoms with Crippen LogP contribution in [0.15, 0.2) is 65.8 Å². The first kappa shape index (κ1) is 19.8. The van der Waals surface area contributed by atoms with Crippen LogP contribution in [-0.2, 0) is 9.53 Å². The molecular formula is C23H26N2O3. The Morgan fingerprint density at radius 3 is 2.39 bits per heavy atom. The molecular weight excluding hydrogens is 352 g/mol. The largest absolute Gasteiger partial charge is 0.465 e. The van der Waals surface area contributed by atoms with E-state index >= 15 is 0 Å². The van der Waals surface area contributed by atoms with Gasteiger partial charge in [0.25, 0.3) is 0 Å². The van der Waals surface area contributed by atoms with Gasteiger partial charge in [0.1, 0.15) is 5.41 Å². The molecule has 5 nitrogen and oxygen atoms in total. The van der Waals surface area contributed by atoms with Gasteiger partial charge in [0.05, 0.1) is 18.0 Å². The molecule has 2 aromatic carbocycles. The maximum atomic E-state index is 13.0. The molecule has 5 heteroatoms. The highest BCUT2D eigenvalue weighted by atomic mass is 16.5. The van der Waals surface area contributed by atoms with Crippen molar-refractivity contribution in [3.63, 3.8) is 0 Å². The van der Waals surface area contributed by atoms with E-state index in [0.29, 0.717) is 24.1 Å². The van der Waals surface area contributed by atoms with Crippen molar-refractivity contribution in [1.82, 2.24) is 0 Å². The monoisotopic (exact) mass is 378 g/mol. The van der Waals surface area contributed by atoms with Crippen LogP contribution in [0, 0.1) is 5.41 Å². The first-order chi connectivity index (χ1) is 13.7. The number of nitrogens with zero attached hydrogens (tertiary/aromatic N) is 1. The number of hydrogen-bond donors (Lipinski definition) is 1. The van der Waals surface area contributed by atoms with Gasteiger partial charge >= 0.3 is 5.97 Å².